The van der Waals surface area contributed by atoms with Crippen molar-refractivity contribution in [3.8, 4) is 5.75 Å². The third-order valence-corrected chi connectivity index (χ3v) is 3.98. The Labute approximate surface area is 118 Å². The molecule has 106 valence electrons. The second kappa shape index (κ2) is 4.85. The molecule has 1 fully saturated rings. The molecule has 4 heteroatoms. The molecule has 0 unspecified atom stereocenters. The Hall–Kier alpha value is -1.97. The van der Waals surface area contributed by atoms with Crippen LogP contribution in [0.1, 0.15) is 32.1 Å². The van der Waals surface area contributed by atoms with Gasteiger partial charge in [-0.1, -0.05) is 19.1 Å². The maximum absolute atomic E-state index is 12.0. The summed E-state index contributed by atoms with van der Waals surface area (Å²) < 4.78 is 11.1. The molecular formula is C16H19NO3. The van der Waals surface area contributed by atoms with Gasteiger partial charge in [-0.3, -0.25) is 4.79 Å². The van der Waals surface area contributed by atoms with E-state index in [0.29, 0.717) is 11.7 Å². The van der Waals surface area contributed by atoms with Crippen molar-refractivity contribution in [1.82, 2.24) is 5.32 Å². The first-order valence-corrected chi connectivity index (χ1v) is 6.97. The SMILES string of the molecule is COc1cccc2cc([C@H](C)NC(=O)[C@H]3C[C@H]3C)oc12. The highest BCUT2D eigenvalue weighted by Crippen LogP contribution is 2.38. The number of carbonyl (C=O) groups excluding carboxylic acids is 1. The van der Waals surface area contributed by atoms with Gasteiger partial charge < -0.3 is 14.5 Å². The topological polar surface area (TPSA) is 51.5 Å². The van der Waals surface area contributed by atoms with Crippen molar-refractivity contribution in [3.63, 3.8) is 0 Å². The Bertz CT molecular complexity index is 646. The summed E-state index contributed by atoms with van der Waals surface area (Å²) in [7, 11) is 1.62. The molecule has 1 aromatic heterocycles. The first-order chi connectivity index (χ1) is 9.60. The van der Waals surface area contributed by atoms with E-state index in [1.165, 1.54) is 0 Å². The summed E-state index contributed by atoms with van der Waals surface area (Å²) in [5, 5.41) is 4.00. The summed E-state index contributed by atoms with van der Waals surface area (Å²) in [6.07, 6.45) is 0.993. The van der Waals surface area contributed by atoms with E-state index in [2.05, 4.69) is 12.2 Å². The number of para-hydroxylation sites is 1. The van der Waals surface area contributed by atoms with Crippen molar-refractivity contribution in [2.45, 2.75) is 26.3 Å². The zero-order chi connectivity index (χ0) is 14.3. The maximum Gasteiger partial charge on any atom is 0.223 e. The van der Waals surface area contributed by atoms with Crippen LogP contribution < -0.4 is 10.1 Å². The molecule has 4 nitrogen and oxygen atoms in total. The number of methoxy groups -OCH3 is 1. The quantitative estimate of drug-likeness (QED) is 0.930. The molecular weight excluding hydrogens is 254 g/mol. The summed E-state index contributed by atoms with van der Waals surface area (Å²) in [5.41, 5.74) is 0.728. The maximum atomic E-state index is 12.0. The second-order valence-electron chi connectivity index (χ2n) is 5.58. The van der Waals surface area contributed by atoms with Gasteiger partial charge in [-0.05, 0) is 31.4 Å². The minimum atomic E-state index is -0.132. The third kappa shape index (κ3) is 2.26. The smallest absolute Gasteiger partial charge is 0.223 e. The molecule has 3 rings (SSSR count). The highest BCUT2D eigenvalue weighted by atomic mass is 16.5. The van der Waals surface area contributed by atoms with Gasteiger partial charge in [-0.2, -0.15) is 0 Å². The number of carbonyl (C=O) groups is 1. The fourth-order valence-corrected chi connectivity index (χ4v) is 2.51. The van der Waals surface area contributed by atoms with Gasteiger partial charge in [0.15, 0.2) is 11.3 Å². The number of amides is 1. The summed E-state index contributed by atoms with van der Waals surface area (Å²) in [6, 6.07) is 7.59. The van der Waals surface area contributed by atoms with Gasteiger partial charge in [0.1, 0.15) is 5.76 Å². The molecule has 0 spiro atoms. The standard InChI is InChI=1S/C16H19NO3/c1-9-7-12(9)16(18)17-10(2)14-8-11-5-4-6-13(19-3)15(11)20-14/h4-6,8-10,12H,7H2,1-3H3,(H,17,18)/t9-,10+,12+/m1/s1. The molecule has 1 amide bonds. The van der Waals surface area contributed by atoms with Crippen LogP contribution in [0.3, 0.4) is 0 Å². The van der Waals surface area contributed by atoms with Gasteiger partial charge in [-0.25, -0.2) is 0 Å². The molecule has 0 radical (unpaired) electrons. The van der Waals surface area contributed by atoms with Crippen molar-refractivity contribution >= 4 is 16.9 Å². The highest BCUT2D eigenvalue weighted by Gasteiger charge is 2.39. The van der Waals surface area contributed by atoms with Gasteiger partial charge in [0.05, 0.1) is 13.2 Å². The van der Waals surface area contributed by atoms with Crippen LogP contribution >= 0.6 is 0 Å². The van der Waals surface area contributed by atoms with Crippen LogP contribution in [0, 0.1) is 11.8 Å². The fourth-order valence-electron chi connectivity index (χ4n) is 2.51. The Morgan fingerprint density at radius 1 is 1.50 bits per heavy atom. The van der Waals surface area contributed by atoms with Crippen molar-refractivity contribution in [1.29, 1.82) is 0 Å². The molecule has 2 aromatic rings. The van der Waals surface area contributed by atoms with Crippen LogP contribution in [0.25, 0.3) is 11.0 Å². The van der Waals surface area contributed by atoms with E-state index in [1.54, 1.807) is 7.11 Å². The molecule has 20 heavy (non-hydrogen) atoms. The molecule has 1 aliphatic carbocycles. The lowest BCUT2D eigenvalue weighted by Crippen LogP contribution is -2.28. The van der Waals surface area contributed by atoms with E-state index in [4.69, 9.17) is 9.15 Å². The van der Waals surface area contributed by atoms with Crippen molar-refractivity contribution in [2.24, 2.45) is 11.8 Å². The highest BCUT2D eigenvalue weighted by molar-refractivity contribution is 5.84. The lowest BCUT2D eigenvalue weighted by atomic mass is 10.2. The van der Waals surface area contributed by atoms with Crippen molar-refractivity contribution in [3.05, 3.63) is 30.0 Å². The summed E-state index contributed by atoms with van der Waals surface area (Å²) in [5.74, 6) is 2.28. The van der Waals surface area contributed by atoms with Crippen LogP contribution in [-0.2, 0) is 4.79 Å². The molecule has 1 heterocycles. The summed E-state index contributed by atoms with van der Waals surface area (Å²) in [6.45, 7) is 4.04. The van der Waals surface area contributed by atoms with E-state index < -0.39 is 0 Å². The van der Waals surface area contributed by atoms with E-state index in [-0.39, 0.29) is 17.9 Å². The Morgan fingerprint density at radius 3 is 2.90 bits per heavy atom. The Morgan fingerprint density at radius 2 is 2.25 bits per heavy atom. The number of benzene rings is 1. The lowest BCUT2D eigenvalue weighted by molar-refractivity contribution is -0.123. The number of rotatable bonds is 4. The van der Waals surface area contributed by atoms with Crippen LogP contribution in [0.2, 0.25) is 0 Å². The van der Waals surface area contributed by atoms with Gasteiger partial charge in [0.2, 0.25) is 5.91 Å². The molecule has 0 aliphatic heterocycles. The van der Waals surface area contributed by atoms with Crippen molar-refractivity contribution in [2.75, 3.05) is 7.11 Å². The predicted molar refractivity (Wildman–Crippen MR) is 76.6 cm³/mol. The number of fused-ring (bicyclic) bond motifs is 1. The number of nitrogens with one attached hydrogen (secondary N) is 1. The predicted octanol–water partition coefficient (Wildman–Crippen LogP) is 3.27. The van der Waals surface area contributed by atoms with E-state index in [0.717, 1.165) is 23.2 Å². The molecule has 0 saturated heterocycles. The van der Waals surface area contributed by atoms with Crippen LogP contribution in [0.4, 0.5) is 0 Å². The first-order valence-electron chi connectivity index (χ1n) is 6.97. The molecule has 1 aliphatic rings. The zero-order valence-corrected chi connectivity index (χ0v) is 12.0. The number of furan rings is 1. The monoisotopic (exact) mass is 273 g/mol. The van der Waals surface area contributed by atoms with Crippen LogP contribution in [0.15, 0.2) is 28.7 Å². The number of ether oxygens (including phenoxy) is 1. The first kappa shape index (κ1) is 13.0. The minimum Gasteiger partial charge on any atom is -0.493 e. The van der Waals surface area contributed by atoms with Crippen molar-refractivity contribution < 1.29 is 13.9 Å². The Kier molecular flexibility index (Phi) is 3.16. The average Bonchev–Trinajstić information content (AvgIpc) is 3.01. The largest absolute Gasteiger partial charge is 0.493 e. The summed E-state index contributed by atoms with van der Waals surface area (Å²) >= 11 is 0. The van der Waals surface area contributed by atoms with E-state index in [1.807, 2.05) is 31.2 Å². The zero-order valence-electron chi connectivity index (χ0n) is 12.0. The average molecular weight is 273 g/mol. The van der Waals surface area contributed by atoms with E-state index in [9.17, 15) is 4.79 Å². The lowest BCUT2D eigenvalue weighted by Gasteiger charge is -2.10. The number of hydrogen-bond acceptors (Lipinski definition) is 3. The number of hydrogen-bond donors (Lipinski definition) is 1. The van der Waals surface area contributed by atoms with Gasteiger partial charge in [0.25, 0.3) is 0 Å². The minimum absolute atomic E-state index is 0.123. The van der Waals surface area contributed by atoms with Crippen LogP contribution in [0.5, 0.6) is 5.75 Å². The normalized spacial score (nSPS) is 22.6. The van der Waals surface area contributed by atoms with Gasteiger partial charge in [-0.15, -0.1) is 0 Å². The molecule has 1 aromatic carbocycles. The molecule has 1 saturated carbocycles. The molecule has 3 atom stereocenters. The third-order valence-electron chi connectivity index (χ3n) is 3.98. The molecule has 0 bridgehead atoms. The summed E-state index contributed by atoms with van der Waals surface area (Å²) in [4.78, 5) is 12.0. The Balaban J connectivity index is 1.81. The molecule has 1 N–H and O–H groups in total. The van der Waals surface area contributed by atoms with Crippen LogP contribution in [-0.4, -0.2) is 13.0 Å². The van der Waals surface area contributed by atoms with Gasteiger partial charge in [0, 0.05) is 11.3 Å². The van der Waals surface area contributed by atoms with Gasteiger partial charge >= 0.3 is 0 Å². The second-order valence-corrected chi connectivity index (χ2v) is 5.58. The van der Waals surface area contributed by atoms with E-state index >= 15 is 0 Å². The fraction of sp³-hybridized carbons (Fsp3) is 0.438.